The predicted octanol–water partition coefficient (Wildman–Crippen LogP) is 3.64. The quantitative estimate of drug-likeness (QED) is 0.406. The Bertz CT molecular complexity index is 1050. The van der Waals surface area contributed by atoms with Crippen LogP contribution < -0.4 is 5.32 Å². The molecule has 1 saturated carbocycles. The fourth-order valence-electron chi connectivity index (χ4n) is 3.65. The molecule has 2 aromatic carbocycles. The lowest BCUT2D eigenvalue weighted by Gasteiger charge is -2.32. The molecule has 0 aliphatic heterocycles. The Kier molecular flexibility index (Phi) is 7.16. The van der Waals surface area contributed by atoms with Gasteiger partial charge < -0.3 is 10.1 Å². The van der Waals surface area contributed by atoms with Gasteiger partial charge in [0.15, 0.2) is 6.10 Å². The molecule has 0 heterocycles. The van der Waals surface area contributed by atoms with Crippen LogP contribution in [-0.2, 0) is 9.53 Å². The summed E-state index contributed by atoms with van der Waals surface area (Å²) in [7, 11) is 0. The summed E-state index contributed by atoms with van der Waals surface area (Å²) in [4.78, 5) is 49.6. The monoisotopic (exact) mass is 432 g/mol. The maximum absolute atomic E-state index is 12.5. The molecule has 1 N–H and O–H groups in total. The minimum atomic E-state index is -1.09. The van der Waals surface area contributed by atoms with Crippen LogP contribution in [-0.4, -0.2) is 35.1 Å². The first-order chi connectivity index (χ1) is 15.3. The normalized spacial score (nSPS) is 15.6. The summed E-state index contributed by atoms with van der Waals surface area (Å²) in [5, 5.41) is 12.2. The van der Waals surface area contributed by atoms with E-state index in [-0.39, 0.29) is 16.7 Å². The number of nitrogens with zero attached hydrogens (tertiary/aromatic N) is 1. The van der Waals surface area contributed by atoms with Crippen molar-refractivity contribution in [3.8, 4) is 6.07 Å². The van der Waals surface area contributed by atoms with Crippen LogP contribution in [0, 0.1) is 11.3 Å². The molecule has 164 valence electrons. The number of rotatable bonds is 7. The van der Waals surface area contributed by atoms with Crippen LogP contribution in [0.25, 0.3) is 0 Å². The zero-order valence-corrected chi connectivity index (χ0v) is 17.8. The molecule has 32 heavy (non-hydrogen) atoms. The zero-order valence-electron chi connectivity index (χ0n) is 17.8. The number of hydrogen-bond donors (Lipinski definition) is 1. The van der Waals surface area contributed by atoms with Crippen LogP contribution in [0.3, 0.4) is 0 Å². The van der Waals surface area contributed by atoms with E-state index in [1.807, 2.05) is 0 Å². The highest BCUT2D eigenvalue weighted by molar-refractivity contribution is 6.49. The fourth-order valence-corrected chi connectivity index (χ4v) is 3.65. The van der Waals surface area contributed by atoms with E-state index in [4.69, 9.17) is 4.74 Å². The summed E-state index contributed by atoms with van der Waals surface area (Å²) in [6.45, 7) is 1.44. The Labute approximate surface area is 186 Å². The van der Waals surface area contributed by atoms with E-state index >= 15 is 0 Å². The van der Waals surface area contributed by atoms with E-state index in [0.717, 1.165) is 19.3 Å². The minimum absolute atomic E-state index is 0.140. The number of amides is 1. The first kappa shape index (κ1) is 22.9. The molecule has 7 nitrogen and oxygen atoms in total. The van der Waals surface area contributed by atoms with Gasteiger partial charge in [-0.1, -0.05) is 61.7 Å². The van der Waals surface area contributed by atoms with Gasteiger partial charge in [-0.05, 0) is 31.9 Å². The summed E-state index contributed by atoms with van der Waals surface area (Å²) in [5.41, 5.74) is -0.340. The van der Waals surface area contributed by atoms with Gasteiger partial charge in [0.25, 0.3) is 5.91 Å². The lowest BCUT2D eigenvalue weighted by molar-refractivity contribution is -0.130. The van der Waals surface area contributed by atoms with Crippen LogP contribution in [0.5, 0.6) is 0 Å². The third-order valence-electron chi connectivity index (χ3n) is 5.56. The van der Waals surface area contributed by atoms with Crippen LogP contribution in [0.2, 0.25) is 0 Å². The Hall–Kier alpha value is -3.79. The van der Waals surface area contributed by atoms with Crippen molar-refractivity contribution in [2.75, 3.05) is 0 Å². The van der Waals surface area contributed by atoms with Crippen molar-refractivity contribution in [2.45, 2.75) is 50.7 Å². The number of hydrogen-bond acceptors (Lipinski definition) is 6. The number of carbonyl (C=O) groups is 4. The Morgan fingerprint density at radius 1 is 0.875 bits per heavy atom. The maximum Gasteiger partial charge on any atom is 0.338 e. The fraction of sp³-hybridized carbons (Fsp3) is 0.320. The minimum Gasteiger partial charge on any atom is -0.449 e. The van der Waals surface area contributed by atoms with Crippen LogP contribution in [0.15, 0.2) is 54.6 Å². The molecule has 2 aromatic rings. The molecular formula is C25H24N2O5. The predicted molar refractivity (Wildman–Crippen MR) is 116 cm³/mol. The number of Topliss-reactive ketones (excluding diaryl/α,β-unsaturated/α-hetero) is 2. The van der Waals surface area contributed by atoms with E-state index in [2.05, 4.69) is 11.4 Å². The van der Waals surface area contributed by atoms with Gasteiger partial charge in [0.1, 0.15) is 5.54 Å². The van der Waals surface area contributed by atoms with Gasteiger partial charge in [0.2, 0.25) is 11.6 Å². The van der Waals surface area contributed by atoms with Crippen molar-refractivity contribution in [1.29, 1.82) is 5.26 Å². The molecule has 0 aromatic heterocycles. The van der Waals surface area contributed by atoms with Crippen molar-refractivity contribution in [3.05, 3.63) is 71.3 Å². The summed E-state index contributed by atoms with van der Waals surface area (Å²) >= 11 is 0. The topological polar surface area (TPSA) is 113 Å². The SMILES string of the molecule is C[C@@H](OC(=O)c1ccc(C(=O)C(=O)c2ccccc2)cc1)C(=O)NC1(C#N)CCCCC1. The van der Waals surface area contributed by atoms with Gasteiger partial charge in [0.05, 0.1) is 11.6 Å². The second-order valence-electron chi connectivity index (χ2n) is 7.89. The number of ether oxygens (including phenoxy) is 1. The highest BCUT2D eigenvalue weighted by atomic mass is 16.5. The molecule has 0 radical (unpaired) electrons. The lowest BCUT2D eigenvalue weighted by Crippen LogP contribution is -2.52. The molecule has 0 unspecified atom stereocenters. The van der Waals surface area contributed by atoms with Crippen molar-refractivity contribution < 1.29 is 23.9 Å². The Morgan fingerprint density at radius 2 is 1.41 bits per heavy atom. The number of benzene rings is 2. The van der Waals surface area contributed by atoms with E-state index in [1.54, 1.807) is 30.3 Å². The standard InChI is InChI=1S/C25H24N2O5/c1-17(23(30)27-25(16-26)14-6-3-7-15-25)32-24(31)20-12-10-19(11-13-20)22(29)21(28)18-8-4-2-5-9-18/h2,4-5,8-13,17H,3,6-7,14-15H2,1H3,(H,27,30)/t17-/m1/s1. The third kappa shape index (κ3) is 5.27. The average Bonchev–Trinajstić information content (AvgIpc) is 2.84. The number of carbonyl (C=O) groups excluding carboxylic acids is 4. The van der Waals surface area contributed by atoms with Crippen LogP contribution >= 0.6 is 0 Å². The molecule has 0 bridgehead atoms. The molecule has 7 heteroatoms. The smallest absolute Gasteiger partial charge is 0.338 e. The molecule has 3 rings (SSSR count). The van der Waals surface area contributed by atoms with Crippen molar-refractivity contribution in [3.63, 3.8) is 0 Å². The van der Waals surface area contributed by atoms with Crippen molar-refractivity contribution in [1.82, 2.24) is 5.32 Å². The molecule has 1 amide bonds. The first-order valence-electron chi connectivity index (χ1n) is 10.5. The van der Waals surface area contributed by atoms with Gasteiger partial charge >= 0.3 is 5.97 Å². The summed E-state index contributed by atoms with van der Waals surface area (Å²) in [6, 6.07) is 15.9. The largest absolute Gasteiger partial charge is 0.449 e. The van der Waals surface area contributed by atoms with Crippen LogP contribution in [0.4, 0.5) is 0 Å². The lowest BCUT2D eigenvalue weighted by atomic mass is 9.83. The van der Waals surface area contributed by atoms with Gasteiger partial charge in [-0.2, -0.15) is 5.26 Å². The number of ketones is 2. The Morgan fingerprint density at radius 3 is 1.97 bits per heavy atom. The molecule has 1 fully saturated rings. The van der Waals surface area contributed by atoms with Gasteiger partial charge in [-0.15, -0.1) is 0 Å². The van der Waals surface area contributed by atoms with E-state index in [9.17, 15) is 24.4 Å². The van der Waals surface area contributed by atoms with Gasteiger partial charge in [-0.3, -0.25) is 14.4 Å². The molecule has 0 saturated heterocycles. The maximum atomic E-state index is 12.5. The average molecular weight is 432 g/mol. The van der Waals surface area contributed by atoms with E-state index in [0.29, 0.717) is 12.8 Å². The first-order valence-corrected chi connectivity index (χ1v) is 10.5. The molecule has 1 aliphatic carbocycles. The van der Waals surface area contributed by atoms with E-state index in [1.165, 1.54) is 31.2 Å². The Balaban J connectivity index is 1.60. The zero-order chi connectivity index (χ0) is 23.1. The third-order valence-corrected chi connectivity index (χ3v) is 5.56. The number of nitriles is 1. The van der Waals surface area contributed by atoms with Gasteiger partial charge in [0, 0.05) is 11.1 Å². The van der Waals surface area contributed by atoms with Crippen molar-refractivity contribution in [2.24, 2.45) is 0 Å². The van der Waals surface area contributed by atoms with Crippen molar-refractivity contribution >= 4 is 23.4 Å². The number of esters is 1. The van der Waals surface area contributed by atoms with Crippen LogP contribution in [0.1, 0.15) is 70.1 Å². The second-order valence-corrected chi connectivity index (χ2v) is 7.89. The summed E-state index contributed by atoms with van der Waals surface area (Å²) in [5.74, 6) is -2.59. The highest BCUT2D eigenvalue weighted by Gasteiger charge is 2.35. The molecule has 0 spiro atoms. The molecule has 1 atom stereocenters. The second kappa shape index (κ2) is 10.0. The molecular weight excluding hydrogens is 408 g/mol. The van der Waals surface area contributed by atoms with Gasteiger partial charge in [-0.25, -0.2) is 4.79 Å². The highest BCUT2D eigenvalue weighted by Crippen LogP contribution is 2.27. The molecule has 1 aliphatic rings. The summed E-state index contributed by atoms with van der Waals surface area (Å²) in [6.07, 6.45) is 2.81. The number of nitrogens with one attached hydrogen (secondary N) is 1. The summed E-state index contributed by atoms with van der Waals surface area (Å²) < 4.78 is 5.23. The van der Waals surface area contributed by atoms with E-state index < -0.39 is 35.1 Å².